The maximum atomic E-state index is 2.53. The van der Waals surface area contributed by atoms with E-state index >= 15 is 0 Å². The Bertz CT molecular complexity index is 5350. The maximum absolute atomic E-state index is 2.53. The van der Waals surface area contributed by atoms with E-state index in [1.807, 2.05) is 0 Å². The molecule has 17 aromatic rings. The molecule has 0 atom stereocenters. The van der Waals surface area contributed by atoms with Gasteiger partial charge in [-0.1, -0.05) is 264 Å². The molecule has 2 heteroatoms. The first-order valence-electron chi connectivity index (χ1n) is 32.9. The highest BCUT2D eigenvalue weighted by Crippen LogP contribution is 2.57. The summed E-state index contributed by atoms with van der Waals surface area (Å²) in [6.45, 7) is 13.0. The van der Waals surface area contributed by atoms with Gasteiger partial charge in [-0.2, -0.15) is 0 Å². The minimum atomic E-state index is 1.08. The Morgan fingerprint density at radius 3 is 0.755 bits per heavy atom. The van der Waals surface area contributed by atoms with Crippen molar-refractivity contribution in [2.75, 3.05) is 9.80 Å². The lowest BCUT2D eigenvalue weighted by atomic mass is 9.80. The van der Waals surface area contributed by atoms with Gasteiger partial charge in [-0.05, 0) is 213 Å². The minimum Gasteiger partial charge on any atom is -0.310 e. The Morgan fingerprint density at radius 2 is 0.457 bits per heavy atom. The van der Waals surface area contributed by atoms with Crippen LogP contribution in [0.25, 0.3) is 109 Å². The van der Waals surface area contributed by atoms with Crippen molar-refractivity contribution in [3.8, 4) is 0 Å². The van der Waals surface area contributed by atoms with Gasteiger partial charge in [0, 0.05) is 55.1 Å². The molecule has 0 heterocycles. The van der Waals surface area contributed by atoms with Crippen molar-refractivity contribution in [2.45, 2.75) is 41.5 Å². The van der Waals surface area contributed by atoms with Gasteiger partial charge in [0.25, 0.3) is 0 Å². The summed E-state index contributed by atoms with van der Waals surface area (Å²) in [5.74, 6) is 0. The van der Waals surface area contributed by atoms with E-state index in [0.29, 0.717) is 0 Å². The molecule has 0 unspecified atom stereocenters. The second-order valence-electron chi connectivity index (χ2n) is 26.0. The van der Waals surface area contributed by atoms with Crippen molar-refractivity contribution in [1.82, 2.24) is 0 Å². The lowest BCUT2D eigenvalue weighted by molar-refractivity contribution is 1.29. The van der Waals surface area contributed by atoms with Crippen molar-refractivity contribution < 1.29 is 0 Å². The molecule has 0 radical (unpaired) electrons. The van der Waals surface area contributed by atoms with Crippen LogP contribution in [0.4, 0.5) is 34.1 Å². The standard InChI is InChI=1S/C92H68N2/c1-57-19-35-65(36-20-57)81(66-37-21-58(2)22-38-66)55-63-31-47-73(48-32-63)93(71-43-27-61(5)28-44-71)83-53-51-77-75-15-7-12-70-14-10-18-80(86(70)75)90-87(77)91(83)89-79-17-9-13-69-11-8-16-76(85(69)79)78-52-54-84(92(90)88(78)89)94(72-45-29-62(6)30-46-72)74-49-33-64(34-50-74)56-82(67-39-23-59(3)24-40-67)68-41-25-60(4)26-42-68/h7-56H,1-6H3. The van der Waals surface area contributed by atoms with Crippen LogP contribution in [0.15, 0.2) is 291 Å². The minimum absolute atomic E-state index is 1.08. The van der Waals surface area contributed by atoms with Gasteiger partial charge in [-0.3, -0.25) is 0 Å². The van der Waals surface area contributed by atoms with Crippen molar-refractivity contribution in [2.24, 2.45) is 0 Å². The summed E-state index contributed by atoms with van der Waals surface area (Å²) in [6.07, 6.45) is 4.70. The fourth-order valence-electron chi connectivity index (χ4n) is 15.0. The fraction of sp³-hybridized carbons (Fsp3) is 0.0652. The van der Waals surface area contributed by atoms with E-state index in [9.17, 15) is 0 Å². The predicted molar refractivity (Wildman–Crippen MR) is 406 cm³/mol. The second kappa shape index (κ2) is 22.7. The summed E-state index contributed by atoms with van der Waals surface area (Å²) in [5.41, 5.74) is 23.4. The number of rotatable bonds is 12. The Kier molecular flexibility index (Phi) is 13.6. The largest absolute Gasteiger partial charge is 0.310 e. The van der Waals surface area contributed by atoms with Gasteiger partial charge in [-0.15, -0.1) is 0 Å². The van der Waals surface area contributed by atoms with Crippen LogP contribution in [0.1, 0.15) is 66.8 Å². The highest BCUT2D eigenvalue weighted by Gasteiger charge is 2.29. The molecule has 0 aliphatic heterocycles. The summed E-state index contributed by atoms with van der Waals surface area (Å²) in [5, 5.41) is 19.9. The third kappa shape index (κ3) is 9.55. The van der Waals surface area contributed by atoms with Crippen LogP contribution >= 0.6 is 0 Å². The first kappa shape index (κ1) is 56.4. The van der Waals surface area contributed by atoms with Crippen LogP contribution in [0.3, 0.4) is 0 Å². The average Bonchev–Trinajstić information content (AvgIpc) is 0.673. The van der Waals surface area contributed by atoms with Crippen molar-refractivity contribution in [1.29, 1.82) is 0 Å². The highest BCUT2D eigenvalue weighted by molar-refractivity contribution is 6.50. The van der Waals surface area contributed by atoms with Crippen LogP contribution in [0, 0.1) is 41.5 Å². The SMILES string of the molecule is Cc1ccc(C(=Cc2ccc(N(c3ccc(C)cc3)c3ccc4c5cccc6cccc(c65)c5c6c(N(c7ccc(C)cc7)c7ccc(C=C(c8ccc(C)cc8)c8ccc(C)cc8)cc7)ccc7c8cccc9cccc(c98)c(c3c45)c76)cc2)c2ccc(C)cc2)cc1. The van der Waals surface area contributed by atoms with E-state index in [1.165, 1.54) is 153 Å². The van der Waals surface area contributed by atoms with Crippen molar-refractivity contribution in [3.63, 3.8) is 0 Å². The summed E-state index contributed by atoms with van der Waals surface area (Å²) in [6, 6.07) is 110. The van der Waals surface area contributed by atoms with Gasteiger partial charge < -0.3 is 9.80 Å². The molecule has 0 aromatic heterocycles. The second-order valence-corrected chi connectivity index (χ2v) is 26.0. The normalized spacial score (nSPS) is 11.7. The molecule has 0 saturated heterocycles. The zero-order valence-corrected chi connectivity index (χ0v) is 53.8. The zero-order chi connectivity index (χ0) is 63.3. The van der Waals surface area contributed by atoms with Crippen LogP contribution in [0.5, 0.6) is 0 Å². The number of anilines is 6. The number of hydrogen-bond donors (Lipinski definition) is 0. The summed E-state index contributed by atoms with van der Waals surface area (Å²) in [7, 11) is 0. The van der Waals surface area contributed by atoms with E-state index in [0.717, 1.165) is 45.3 Å². The molecular weight excluding hydrogens is 1130 g/mol. The molecular formula is C92H68N2. The molecule has 0 fully saturated rings. The first-order chi connectivity index (χ1) is 46.1. The third-order valence-electron chi connectivity index (χ3n) is 19.7. The predicted octanol–water partition coefficient (Wildman–Crippen LogP) is 25.8. The van der Waals surface area contributed by atoms with Gasteiger partial charge in [0.1, 0.15) is 0 Å². The smallest absolute Gasteiger partial charge is 0.0547 e. The fourth-order valence-corrected chi connectivity index (χ4v) is 15.0. The molecule has 0 amide bonds. The van der Waals surface area contributed by atoms with Crippen LogP contribution in [0.2, 0.25) is 0 Å². The summed E-state index contributed by atoms with van der Waals surface area (Å²) in [4.78, 5) is 5.06. The molecule has 0 bridgehead atoms. The average molecular weight is 1200 g/mol. The van der Waals surface area contributed by atoms with Gasteiger partial charge in [0.05, 0.1) is 11.4 Å². The molecule has 0 N–H and O–H groups in total. The lowest BCUT2D eigenvalue weighted by Gasteiger charge is -2.32. The molecule has 0 aliphatic carbocycles. The van der Waals surface area contributed by atoms with Crippen LogP contribution < -0.4 is 9.80 Å². The third-order valence-corrected chi connectivity index (χ3v) is 19.7. The van der Waals surface area contributed by atoms with E-state index in [-0.39, 0.29) is 0 Å². The molecule has 0 aliphatic rings. The molecule has 17 aromatic carbocycles. The van der Waals surface area contributed by atoms with E-state index in [1.54, 1.807) is 0 Å². The number of hydrogen-bond acceptors (Lipinski definition) is 2. The van der Waals surface area contributed by atoms with Gasteiger partial charge in [0.2, 0.25) is 0 Å². The zero-order valence-electron chi connectivity index (χ0n) is 53.8. The number of benzene rings is 17. The quantitative estimate of drug-likeness (QED) is 0.0683. The van der Waals surface area contributed by atoms with E-state index < -0.39 is 0 Å². The summed E-state index contributed by atoms with van der Waals surface area (Å²) < 4.78 is 0. The number of nitrogens with zero attached hydrogens (tertiary/aromatic N) is 2. The Hall–Kier alpha value is -11.6. The van der Waals surface area contributed by atoms with Gasteiger partial charge >= 0.3 is 0 Å². The number of fused-ring (bicyclic) bond motifs is 6. The molecule has 0 spiro atoms. The molecule has 446 valence electrons. The maximum Gasteiger partial charge on any atom is 0.0547 e. The Balaban J connectivity index is 0.964. The molecule has 2 nitrogen and oxygen atoms in total. The number of aryl methyl sites for hydroxylation is 6. The van der Waals surface area contributed by atoms with Crippen LogP contribution in [-0.4, -0.2) is 0 Å². The topological polar surface area (TPSA) is 6.48 Å². The van der Waals surface area contributed by atoms with Crippen LogP contribution in [-0.2, 0) is 0 Å². The molecule has 94 heavy (non-hydrogen) atoms. The monoisotopic (exact) mass is 1200 g/mol. The molecule has 0 saturated carbocycles. The van der Waals surface area contributed by atoms with E-state index in [2.05, 4.69) is 355 Å². The Morgan fingerprint density at radius 1 is 0.213 bits per heavy atom. The lowest BCUT2D eigenvalue weighted by Crippen LogP contribution is -2.12. The van der Waals surface area contributed by atoms with Gasteiger partial charge in [-0.25, -0.2) is 0 Å². The highest BCUT2D eigenvalue weighted by atomic mass is 15.2. The first-order valence-corrected chi connectivity index (χ1v) is 32.9. The summed E-state index contributed by atoms with van der Waals surface area (Å²) >= 11 is 0. The van der Waals surface area contributed by atoms with Crippen molar-refractivity contribution in [3.05, 3.63) is 358 Å². The molecule has 17 rings (SSSR count). The van der Waals surface area contributed by atoms with Gasteiger partial charge in [0.15, 0.2) is 0 Å². The van der Waals surface area contributed by atoms with E-state index in [4.69, 9.17) is 0 Å². The van der Waals surface area contributed by atoms with Crippen molar-refractivity contribution >= 4 is 144 Å². The Labute approximate surface area is 549 Å².